The summed E-state index contributed by atoms with van der Waals surface area (Å²) in [5, 5.41) is 11.5. The maximum Gasteiger partial charge on any atom is 0.321 e. The first kappa shape index (κ1) is 14.7. The first-order valence-corrected chi connectivity index (χ1v) is 8.22. The minimum Gasteiger partial charge on any atom is -0.324 e. The molecule has 2 aromatic heterocycles. The minimum absolute atomic E-state index is 0.0558. The van der Waals surface area contributed by atoms with Crippen LogP contribution in [0.25, 0.3) is 5.65 Å². The second-order valence-corrected chi connectivity index (χ2v) is 6.07. The number of pyridine rings is 1. The average molecular weight is 321 g/mol. The lowest BCUT2D eigenvalue weighted by atomic mass is 9.97. The normalized spacial score (nSPS) is 17.8. The molecule has 0 saturated carbocycles. The first-order valence-electron chi connectivity index (χ1n) is 8.22. The van der Waals surface area contributed by atoms with E-state index in [4.69, 9.17) is 0 Å². The van der Waals surface area contributed by atoms with Crippen LogP contribution in [0.15, 0.2) is 54.7 Å². The third-order valence-corrected chi connectivity index (χ3v) is 4.44. The van der Waals surface area contributed by atoms with Gasteiger partial charge in [0.25, 0.3) is 0 Å². The molecule has 1 unspecified atom stereocenters. The van der Waals surface area contributed by atoms with E-state index in [-0.39, 0.29) is 11.9 Å². The molecule has 2 amide bonds. The fraction of sp³-hybridized carbons (Fsp3) is 0.278. The highest BCUT2D eigenvalue weighted by Gasteiger charge is 2.27. The molecule has 122 valence electrons. The molecule has 0 aliphatic carbocycles. The SMILES string of the molecule is O=C(Nc1ccccc1)N1CCCC(c2nnc3ccccn23)C1. The Labute approximate surface area is 140 Å². The Morgan fingerprint density at radius 1 is 1.08 bits per heavy atom. The van der Waals surface area contributed by atoms with Gasteiger partial charge < -0.3 is 10.2 Å². The number of amides is 2. The quantitative estimate of drug-likeness (QED) is 0.789. The highest BCUT2D eigenvalue weighted by molar-refractivity contribution is 5.89. The van der Waals surface area contributed by atoms with Gasteiger partial charge in [-0.2, -0.15) is 0 Å². The van der Waals surface area contributed by atoms with Crippen LogP contribution in [0.2, 0.25) is 0 Å². The van der Waals surface area contributed by atoms with Gasteiger partial charge in [0.2, 0.25) is 0 Å². The number of hydrogen-bond donors (Lipinski definition) is 1. The van der Waals surface area contributed by atoms with Crippen molar-refractivity contribution in [2.24, 2.45) is 0 Å². The van der Waals surface area contributed by atoms with Crippen LogP contribution >= 0.6 is 0 Å². The van der Waals surface area contributed by atoms with E-state index in [9.17, 15) is 4.79 Å². The molecule has 3 heterocycles. The fourth-order valence-corrected chi connectivity index (χ4v) is 3.23. The predicted octanol–water partition coefficient (Wildman–Crippen LogP) is 3.14. The van der Waals surface area contributed by atoms with Gasteiger partial charge in [-0.1, -0.05) is 24.3 Å². The summed E-state index contributed by atoms with van der Waals surface area (Å²) in [5.41, 5.74) is 1.66. The van der Waals surface area contributed by atoms with Gasteiger partial charge in [-0.05, 0) is 37.1 Å². The van der Waals surface area contributed by atoms with Crippen LogP contribution in [-0.4, -0.2) is 38.6 Å². The van der Waals surface area contributed by atoms with Crippen LogP contribution in [0, 0.1) is 0 Å². The van der Waals surface area contributed by atoms with Crippen molar-refractivity contribution in [2.75, 3.05) is 18.4 Å². The molecule has 1 aliphatic rings. The monoisotopic (exact) mass is 321 g/mol. The number of piperidine rings is 1. The van der Waals surface area contributed by atoms with Crippen LogP contribution in [0.3, 0.4) is 0 Å². The topological polar surface area (TPSA) is 62.5 Å². The second kappa shape index (κ2) is 6.31. The smallest absolute Gasteiger partial charge is 0.321 e. The molecule has 24 heavy (non-hydrogen) atoms. The molecule has 1 saturated heterocycles. The number of anilines is 1. The summed E-state index contributed by atoms with van der Waals surface area (Å²) in [4.78, 5) is 14.4. The number of carbonyl (C=O) groups excluding carboxylic acids is 1. The second-order valence-electron chi connectivity index (χ2n) is 6.07. The highest BCUT2D eigenvalue weighted by atomic mass is 16.2. The molecule has 4 rings (SSSR count). The van der Waals surface area contributed by atoms with Crippen molar-refractivity contribution in [1.29, 1.82) is 0 Å². The maximum atomic E-state index is 12.5. The van der Waals surface area contributed by atoms with E-state index in [0.717, 1.165) is 36.5 Å². The molecule has 1 fully saturated rings. The van der Waals surface area contributed by atoms with E-state index in [1.807, 2.05) is 64.0 Å². The Morgan fingerprint density at radius 2 is 1.92 bits per heavy atom. The summed E-state index contributed by atoms with van der Waals surface area (Å²) >= 11 is 0. The van der Waals surface area contributed by atoms with Gasteiger partial charge in [-0.15, -0.1) is 10.2 Å². The van der Waals surface area contributed by atoms with Gasteiger partial charge >= 0.3 is 6.03 Å². The lowest BCUT2D eigenvalue weighted by Crippen LogP contribution is -2.42. The van der Waals surface area contributed by atoms with Gasteiger partial charge in [0.15, 0.2) is 5.65 Å². The lowest BCUT2D eigenvalue weighted by Gasteiger charge is -2.32. The zero-order valence-corrected chi connectivity index (χ0v) is 13.3. The van der Waals surface area contributed by atoms with Crippen LogP contribution in [0.1, 0.15) is 24.6 Å². The van der Waals surface area contributed by atoms with E-state index < -0.39 is 0 Å². The number of fused-ring (bicyclic) bond motifs is 1. The van der Waals surface area contributed by atoms with Gasteiger partial charge in [0.05, 0.1) is 0 Å². The van der Waals surface area contributed by atoms with Gasteiger partial charge in [-0.25, -0.2) is 4.79 Å². The van der Waals surface area contributed by atoms with Gasteiger partial charge in [0, 0.05) is 30.9 Å². The Balaban J connectivity index is 1.50. The van der Waals surface area contributed by atoms with Gasteiger partial charge in [0.1, 0.15) is 5.82 Å². The number of nitrogens with zero attached hydrogens (tertiary/aromatic N) is 4. The van der Waals surface area contributed by atoms with E-state index in [1.54, 1.807) is 0 Å². The number of benzene rings is 1. The maximum absolute atomic E-state index is 12.5. The van der Waals surface area contributed by atoms with Crippen LogP contribution in [0.5, 0.6) is 0 Å². The van der Waals surface area contributed by atoms with Crippen LogP contribution < -0.4 is 5.32 Å². The Bertz CT molecular complexity index is 845. The fourth-order valence-electron chi connectivity index (χ4n) is 3.23. The number of aromatic nitrogens is 3. The number of rotatable bonds is 2. The van der Waals surface area contributed by atoms with Crippen molar-refractivity contribution < 1.29 is 4.79 Å². The van der Waals surface area contributed by atoms with Crippen LogP contribution in [-0.2, 0) is 0 Å². The molecule has 1 atom stereocenters. The molecule has 0 spiro atoms. The summed E-state index contributed by atoms with van der Waals surface area (Å²) in [6.45, 7) is 1.43. The van der Waals surface area contributed by atoms with Crippen LogP contribution in [0.4, 0.5) is 10.5 Å². The number of carbonyl (C=O) groups is 1. The van der Waals surface area contributed by atoms with Gasteiger partial charge in [-0.3, -0.25) is 4.40 Å². The summed E-state index contributed by atoms with van der Waals surface area (Å²) in [6, 6.07) is 15.4. The average Bonchev–Trinajstić information content (AvgIpc) is 3.07. The summed E-state index contributed by atoms with van der Waals surface area (Å²) in [7, 11) is 0. The molecule has 1 aliphatic heterocycles. The summed E-state index contributed by atoms with van der Waals surface area (Å²) in [5.74, 6) is 1.14. The molecule has 0 bridgehead atoms. The number of urea groups is 1. The minimum atomic E-state index is -0.0558. The van der Waals surface area contributed by atoms with E-state index in [2.05, 4.69) is 15.5 Å². The molecule has 6 nitrogen and oxygen atoms in total. The van der Waals surface area contributed by atoms with Crippen molar-refractivity contribution in [3.05, 3.63) is 60.6 Å². The van der Waals surface area contributed by atoms with E-state index >= 15 is 0 Å². The number of hydrogen-bond acceptors (Lipinski definition) is 3. The Hall–Kier alpha value is -2.89. The first-order chi connectivity index (χ1) is 11.8. The molecule has 1 aromatic carbocycles. The molecular weight excluding hydrogens is 302 g/mol. The molecule has 0 radical (unpaired) electrons. The predicted molar refractivity (Wildman–Crippen MR) is 92.0 cm³/mol. The summed E-state index contributed by atoms with van der Waals surface area (Å²) in [6.07, 6.45) is 3.97. The third-order valence-electron chi connectivity index (χ3n) is 4.44. The van der Waals surface area contributed by atoms with E-state index in [0.29, 0.717) is 6.54 Å². The number of likely N-dealkylation sites (tertiary alicyclic amines) is 1. The third kappa shape index (κ3) is 2.82. The largest absolute Gasteiger partial charge is 0.324 e. The molecule has 3 aromatic rings. The number of nitrogens with one attached hydrogen (secondary N) is 1. The van der Waals surface area contributed by atoms with Crippen molar-refractivity contribution in [2.45, 2.75) is 18.8 Å². The molecule has 6 heteroatoms. The highest BCUT2D eigenvalue weighted by Crippen LogP contribution is 2.26. The Kier molecular flexibility index (Phi) is 3.86. The molecule has 1 N–H and O–H groups in total. The van der Waals surface area contributed by atoms with Crippen molar-refractivity contribution in [3.63, 3.8) is 0 Å². The Morgan fingerprint density at radius 3 is 2.79 bits per heavy atom. The number of para-hydroxylation sites is 1. The lowest BCUT2D eigenvalue weighted by molar-refractivity contribution is 0.191. The standard InChI is InChI=1S/C18H19N5O/c24-18(19-15-8-2-1-3-9-15)22-11-6-7-14(13-22)17-21-20-16-10-4-5-12-23(16)17/h1-5,8-10,12,14H,6-7,11,13H2,(H,19,24). The van der Waals surface area contributed by atoms with E-state index in [1.165, 1.54) is 0 Å². The van der Waals surface area contributed by atoms with Crippen molar-refractivity contribution in [1.82, 2.24) is 19.5 Å². The molecular formula is C18H19N5O. The van der Waals surface area contributed by atoms with Crippen molar-refractivity contribution in [3.8, 4) is 0 Å². The van der Waals surface area contributed by atoms with Crippen molar-refractivity contribution >= 4 is 17.4 Å². The zero-order valence-electron chi connectivity index (χ0n) is 13.3. The zero-order chi connectivity index (χ0) is 16.4. The summed E-state index contributed by atoms with van der Waals surface area (Å²) < 4.78 is 2.02.